The molecule has 0 bridgehead atoms. The van der Waals surface area contributed by atoms with E-state index in [1.807, 2.05) is 29.6 Å². The lowest BCUT2D eigenvalue weighted by atomic mass is 10.0. The van der Waals surface area contributed by atoms with Crippen LogP contribution in [0, 0.1) is 0 Å². The van der Waals surface area contributed by atoms with Crippen LogP contribution in [0.15, 0.2) is 47.3 Å². The molecule has 3 N–H and O–H groups in total. The fourth-order valence-corrected chi connectivity index (χ4v) is 4.04. The summed E-state index contributed by atoms with van der Waals surface area (Å²) in [6.45, 7) is 7.23. The molecule has 8 nitrogen and oxygen atoms in total. The number of aliphatic hydroxyl groups is 1. The Morgan fingerprint density at radius 3 is 2.69 bits per heavy atom. The van der Waals surface area contributed by atoms with Crippen molar-refractivity contribution in [1.82, 2.24) is 20.3 Å². The van der Waals surface area contributed by atoms with Crippen LogP contribution in [0.4, 0.5) is 5.82 Å². The minimum Gasteiger partial charge on any atom is -0.384 e. The van der Waals surface area contributed by atoms with E-state index in [1.54, 1.807) is 31.5 Å². The Bertz CT molecular complexity index is 1040. The van der Waals surface area contributed by atoms with Crippen molar-refractivity contribution in [2.24, 2.45) is 0 Å². The smallest absolute Gasteiger partial charge is 0.270 e. The third-order valence-corrected chi connectivity index (χ3v) is 5.86. The number of thiophene rings is 1. The van der Waals surface area contributed by atoms with Gasteiger partial charge in [-0.15, -0.1) is 0 Å². The first-order valence-corrected chi connectivity index (χ1v) is 11.4. The predicted octanol–water partition coefficient (Wildman–Crippen LogP) is 3.02. The maximum absolute atomic E-state index is 12.3. The number of amides is 1. The quantitative estimate of drug-likeness (QED) is 0.473. The summed E-state index contributed by atoms with van der Waals surface area (Å²) in [4.78, 5) is 23.7. The molecular weight excluding hydrogens is 426 g/mol. The molecule has 1 saturated heterocycles. The SMILES string of the molecule is CC(C)(O)c1ccc(-c2cc(CN3CCOCC3)nc(NNC(=O)c3ccsc3)c2)cn1. The third kappa shape index (κ3) is 5.68. The molecule has 1 fully saturated rings. The number of ether oxygens (including phenoxy) is 1. The van der Waals surface area contributed by atoms with Gasteiger partial charge in [0.25, 0.3) is 5.91 Å². The zero-order valence-electron chi connectivity index (χ0n) is 18.2. The van der Waals surface area contributed by atoms with E-state index in [9.17, 15) is 9.90 Å². The summed E-state index contributed by atoms with van der Waals surface area (Å²) < 4.78 is 5.44. The number of nitrogens with one attached hydrogen (secondary N) is 2. The lowest BCUT2D eigenvalue weighted by Crippen LogP contribution is -2.36. The molecule has 0 spiro atoms. The lowest BCUT2D eigenvalue weighted by Gasteiger charge is -2.26. The second kappa shape index (κ2) is 9.74. The molecule has 0 atom stereocenters. The van der Waals surface area contributed by atoms with Crippen molar-refractivity contribution in [1.29, 1.82) is 0 Å². The molecule has 3 aromatic heterocycles. The van der Waals surface area contributed by atoms with Crippen LogP contribution in [0.5, 0.6) is 0 Å². The predicted molar refractivity (Wildman–Crippen MR) is 124 cm³/mol. The second-order valence-electron chi connectivity index (χ2n) is 8.20. The topological polar surface area (TPSA) is 99.6 Å². The number of hydrazine groups is 1. The fourth-order valence-electron chi connectivity index (χ4n) is 3.40. The van der Waals surface area contributed by atoms with Crippen LogP contribution >= 0.6 is 11.3 Å². The number of morpholine rings is 1. The molecule has 9 heteroatoms. The largest absolute Gasteiger partial charge is 0.384 e. The molecule has 0 aromatic carbocycles. The minimum atomic E-state index is -1.00. The van der Waals surface area contributed by atoms with Gasteiger partial charge in [-0.3, -0.25) is 25.5 Å². The van der Waals surface area contributed by atoms with Gasteiger partial charge in [-0.25, -0.2) is 4.98 Å². The van der Waals surface area contributed by atoms with Gasteiger partial charge >= 0.3 is 0 Å². The van der Waals surface area contributed by atoms with E-state index in [-0.39, 0.29) is 5.91 Å². The highest BCUT2D eigenvalue weighted by molar-refractivity contribution is 7.08. The van der Waals surface area contributed by atoms with Crippen molar-refractivity contribution in [2.45, 2.75) is 26.0 Å². The van der Waals surface area contributed by atoms with Gasteiger partial charge in [0.2, 0.25) is 0 Å². The molecular formula is C23H27N5O3S. The van der Waals surface area contributed by atoms with Gasteiger partial charge in [0.05, 0.1) is 30.2 Å². The van der Waals surface area contributed by atoms with E-state index in [1.165, 1.54) is 11.3 Å². The van der Waals surface area contributed by atoms with Crippen LogP contribution < -0.4 is 10.9 Å². The number of carbonyl (C=O) groups is 1. The van der Waals surface area contributed by atoms with Gasteiger partial charge in [-0.05, 0) is 49.1 Å². The number of aromatic nitrogens is 2. The summed E-state index contributed by atoms with van der Waals surface area (Å²) in [5, 5.41) is 13.8. The molecule has 0 aliphatic carbocycles. The van der Waals surface area contributed by atoms with Gasteiger partial charge in [0.1, 0.15) is 11.4 Å². The zero-order chi connectivity index (χ0) is 22.6. The highest BCUT2D eigenvalue weighted by atomic mass is 32.1. The van der Waals surface area contributed by atoms with Crippen molar-refractivity contribution < 1.29 is 14.6 Å². The van der Waals surface area contributed by atoms with Crippen LogP contribution in [0.2, 0.25) is 0 Å². The van der Waals surface area contributed by atoms with Gasteiger partial charge < -0.3 is 9.84 Å². The Morgan fingerprint density at radius 2 is 2.03 bits per heavy atom. The molecule has 4 heterocycles. The van der Waals surface area contributed by atoms with Crippen molar-refractivity contribution in [3.05, 3.63) is 64.2 Å². The van der Waals surface area contributed by atoms with E-state index in [2.05, 4.69) is 20.7 Å². The van der Waals surface area contributed by atoms with Gasteiger partial charge in [0, 0.05) is 36.8 Å². The summed E-state index contributed by atoms with van der Waals surface area (Å²) in [5.41, 5.74) is 8.55. The Kier molecular flexibility index (Phi) is 6.80. The number of nitrogens with zero attached hydrogens (tertiary/aromatic N) is 3. The third-order valence-electron chi connectivity index (χ3n) is 5.18. The maximum atomic E-state index is 12.3. The van der Waals surface area contributed by atoms with Crippen LogP contribution in [-0.4, -0.2) is 52.2 Å². The van der Waals surface area contributed by atoms with Crippen LogP contribution in [-0.2, 0) is 16.9 Å². The van der Waals surface area contributed by atoms with Crippen molar-refractivity contribution in [2.75, 3.05) is 31.7 Å². The van der Waals surface area contributed by atoms with Gasteiger partial charge in [-0.1, -0.05) is 6.07 Å². The Morgan fingerprint density at radius 1 is 1.22 bits per heavy atom. The zero-order valence-corrected chi connectivity index (χ0v) is 19.0. The number of pyridine rings is 2. The van der Waals surface area contributed by atoms with E-state index < -0.39 is 5.60 Å². The molecule has 4 rings (SSSR count). The molecule has 0 unspecified atom stereocenters. The summed E-state index contributed by atoms with van der Waals surface area (Å²) in [6.07, 6.45) is 1.74. The summed E-state index contributed by atoms with van der Waals surface area (Å²) >= 11 is 1.47. The molecule has 32 heavy (non-hydrogen) atoms. The van der Waals surface area contributed by atoms with Gasteiger partial charge in [0.15, 0.2) is 0 Å². The molecule has 0 radical (unpaired) electrons. The summed E-state index contributed by atoms with van der Waals surface area (Å²) in [5.74, 6) is 0.324. The van der Waals surface area contributed by atoms with Crippen molar-refractivity contribution in [3.8, 4) is 11.1 Å². The second-order valence-corrected chi connectivity index (χ2v) is 8.98. The molecule has 1 amide bonds. The number of carbonyl (C=O) groups excluding carboxylic acids is 1. The van der Waals surface area contributed by atoms with Crippen LogP contribution in [0.25, 0.3) is 11.1 Å². The van der Waals surface area contributed by atoms with Crippen LogP contribution in [0.3, 0.4) is 0 Å². The molecule has 1 aliphatic heterocycles. The number of rotatable bonds is 7. The number of hydrogen-bond donors (Lipinski definition) is 3. The normalized spacial score (nSPS) is 14.8. The van der Waals surface area contributed by atoms with Crippen molar-refractivity contribution >= 4 is 23.1 Å². The first kappa shape index (κ1) is 22.3. The van der Waals surface area contributed by atoms with Crippen molar-refractivity contribution in [3.63, 3.8) is 0 Å². The lowest BCUT2D eigenvalue weighted by molar-refractivity contribution is 0.0337. The molecule has 168 valence electrons. The molecule has 0 saturated carbocycles. The maximum Gasteiger partial charge on any atom is 0.270 e. The molecule has 3 aromatic rings. The highest BCUT2D eigenvalue weighted by Gasteiger charge is 2.18. The highest BCUT2D eigenvalue weighted by Crippen LogP contribution is 2.25. The first-order chi connectivity index (χ1) is 15.4. The average Bonchev–Trinajstić information content (AvgIpc) is 3.33. The number of hydrogen-bond acceptors (Lipinski definition) is 8. The standard InChI is InChI=1S/C23H27N5O3S/c1-23(2,30)20-4-3-16(13-24-20)18-11-19(14-28-6-8-31-9-7-28)25-21(12-18)26-27-22(29)17-5-10-32-15-17/h3-5,10-13,15,30H,6-9,14H2,1-2H3,(H,25,26)(H,27,29). The monoisotopic (exact) mass is 453 g/mol. The summed E-state index contributed by atoms with van der Waals surface area (Å²) in [6, 6.07) is 9.43. The first-order valence-electron chi connectivity index (χ1n) is 10.5. The molecule has 1 aliphatic rings. The summed E-state index contributed by atoms with van der Waals surface area (Å²) in [7, 11) is 0. The number of anilines is 1. The minimum absolute atomic E-state index is 0.218. The Balaban J connectivity index is 1.58. The fraction of sp³-hybridized carbons (Fsp3) is 0.348. The Labute approximate surface area is 191 Å². The average molecular weight is 454 g/mol. The van der Waals surface area contributed by atoms with E-state index in [0.717, 1.165) is 29.9 Å². The van der Waals surface area contributed by atoms with Crippen LogP contribution in [0.1, 0.15) is 35.6 Å². The van der Waals surface area contributed by atoms with E-state index >= 15 is 0 Å². The van der Waals surface area contributed by atoms with E-state index in [4.69, 9.17) is 9.72 Å². The van der Waals surface area contributed by atoms with Gasteiger partial charge in [-0.2, -0.15) is 11.3 Å². The Hall–Kier alpha value is -2.85. The van der Waals surface area contributed by atoms with E-state index in [0.29, 0.717) is 36.8 Å².